The number of halogens is 3. The second-order valence-corrected chi connectivity index (χ2v) is 7.71. The van der Waals surface area contributed by atoms with E-state index in [9.17, 15) is 9.18 Å². The number of aromatic nitrogens is 1. The van der Waals surface area contributed by atoms with Crippen molar-refractivity contribution < 1.29 is 9.18 Å². The topological polar surface area (TPSA) is 81.6 Å². The second kappa shape index (κ2) is 13.4. The van der Waals surface area contributed by atoms with Gasteiger partial charge in [-0.2, -0.15) is 0 Å². The summed E-state index contributed by atoms with van der Waals surface area (Å²) >= 11 is 6.26. The van der Waals surface area contributed by atoms with Crippen molar-refractivity contribution >= 4 is 53.3 Å². The molecule has 1 fully saturated rings. The van der Waals surface area contributed by atoms with Gasteiger partial charge in [-0.15, -0.1) is 24.0 Å². The molecule has 32 heavy (non-hydrogen) atoms. The van der Waals surface area contributed by atoms with Crippen molar-refractivity contribution in [1.29, 1.82) is 0 Å². The molecule has 0 bridgehead atoms. The van der Waals surface area contributed by atoms with Crippen LogP contribution in [0.1, 0.15) is 18.9 Å². The molecule has 3 N–H and O–H groups in total. The number of hydrogen-bond acceptors (Lipinski definition) is 4. The molecule has 10 heteroatoms. The highest BCUT2D eigenvalue weighted by atomic mass is 127. The third-order valence-electron chi connectivity index (χ3n) is 4.89. The van der Waals surface area contributed by atoms with Crippen molar-refractivity contribution in [3.63, 3.8) is 0 Å². The summed E-state index contributed by atoms with van der Waals surface area (Å²) in [7, 11) is 0. The maximum absolute atomic E-state index is 12.9. The van der Waals surface area contributed by atoms with E-state index in [2.05, 4.69) is 30.8 Å². The Morgan fingerprint density at radius 1 is 1.28 bits per heavy atom. The molecule has 1 aliphatic rings. The molecule has 2 heterocycles. The number of benzene rings is 1. The highest BCUT2D eigenvalue weighted by molar-refractivity contribution is 14.0. The Morgan fingerprint density at radius 3 is 2.78 bits per heavy atom. The van der Waals surface area contributed by atoms with E-state index < -0.39 is 0 Å². The minimum Gasteiger partial charge on any atom is -0.357 e. The molecule has 1 atom stereocenters. The van der Waals surface area contributed by atoms with Crippen LogP contribution in [0.4, 0.5) is 10.2 Å². The van der Waals surface area contributed by atoms with Gasteiger partial charge in [0.05, 0.1) is 18.0 Å². The molecule has 0 radical (unpaired) electrons. The third kappa shape index (κ3) is 8.09. The number of guanidine groups is 1. The zero-order chi connectivity index (χ0) is 22.1. The molecule has 1 unspecified atom stereocenters. The third-order valence-corrected chi connectivity index (χ3v) is 5.19. The predicted octanol–water partition coefficient (Wildman–Crippen LogP) is 2.98. The monoisotopic (exact) mass is 574 g/mol. The molecule has 1 aromatic carbocycles. The van der Waals surface area contributed by atoms with Gasteiger partial charge in [-0.3, -0.25) is 9.79 Å². The van der Waals surface area contributed by atoms with Gasteiger partial charge in [0.2, 0.25) is 5.91 Å². The SMILES string of the molecule is CCNC(=NCCNC(=O)Cc1ccc(F)cc1)NC1CCN(c2ncccc2Cl)C1.I. The first-order valence-electron chi connectivity index (χ1n) is 10.5. The molecule has 2 aromatic rings. The molecule has 1 aromatic heterocycles. The number of nitrogens with zero attached hydrogens (tertiary/aromatic N) is 3. The van der Waals surface area contributed by atoms with Crippen LogP contribution >= 0.6 is 35.6 Å². The maximum atomic E-state index is 12.9. The Balaban J connectivity index is 0.00000363. The molecule has 7 nitrogen and oxygen atoms in total. The van der Waals surface area contributed by atoms with E-state index in [-0.39, 0.29) is 48.2 Å². The van der Waals surface area contributed by atoms with Crippen LogP contribution in [-0.4, -0.2) is 55.6 Å². The Labute approximate surface area is 210 Å². The number of nitrogens with one attached hydrogen (secondary N) is 3. The lowest BCUT2D eigenvalue weighted by Crippen LogP contribution is -2.45. The molecule has 1 aliphatic heterocycles. The summed E-state index contributed by atoms with van der Waals surface area (Å²) in [6.45, 7) is 5.29. The van der Waals surface area contributed by atoms with E-state index in [1.807, 2.05) is 19.1 Å². The zero-order valence-corrected chi connectivity index (χ0v) is 21.1. The van der Waals surface area contributed by atoms with Gasteiger partial charge in [0.25, 0.3) is 0 Å². The zero-order valence-electron chi connectivity index (χ0n) is 18.0. The number of pyridine rings is 1. The van der Waals surface area contributed by atoms with Gasteiger partial charge >= 0.3 is 0 Å². The van der Waals surface area contributed by atoms with E-state index >= 15 is 0 Å². The van der Waals surface area contributed by atoms with Crippen LogP contribution in [0.5, 0.6) is 0 Å². The van der Waals surface area contributed by atoms with Crippen LogP contribution in [0.3, 0.4) is 0 Å². The fourth-order valence-electron chi connectivity index (χ4n) is 3.41. The van der Waals surface area contributed by atoms with Gasteiger partial charge < -0.3 is 20.9 Å². The first-order valence-corrected chi connectivity index (χ1v) is 10.8. The van der Waals surface area contributed by atoms with Crippen molar-refractivity contribution in [2.24, 2.45) is 4.99 Å². The maximum Gasteiger partial charge on any atom is 0.224 e. The van der Waals surface area contributed by atoms with Crippen LogP contribution in [0.2, 0.25) is 5.02 Å². The molecular weight excluding hydrogens is 546 g/mol. The fourth-order valence-corrected chi connectivity index (χ4v) is 3.65. The minimum atomic E-state index is -0.310. The molecule has 174 valence electrons. The van der Waals surface area contributed by atoms with Crippen LogP contribution in [0.25, 0.3) is 0 Å². The van der Waals surface area contributed by atoms with E-state index in [0.29, 0.717) is 24.1 Å². The summed E-state index contributed by atoms with van der Waals surface area (Å²) < 4.78 is 12.9. The molecular formula is C22H29ClFIN6O. The van der Waals surface area contributed by atoms with Crippen molar-refractivity contribution in [2.75, 3.05) is 37.6 Å². The Bertz CT molecular complexity index is 898. The van der Waals surface area contributed by atoms with Crippen molar-refractivity contribution in [2.45, 2.75) is 25.8 Å². The van der Waals surface area contributed by atoms with Crippen LogP contribution in [0.15, 0.2) is 47.6 Å². The standard InChI is InChI=1S/C22H28ClFN6O.HI/c1-2-25-22(28-12-11-26-20(31)14-16-5-7-17(24)8-6-16)29-18-9-13-30(15-18)21-19(23)4-3-10-27-21;/h3-8,10,18H,2,9,11-15H2,1H3,(H,26,31)(H2,25,28,29);1H. The highest BCUT2D eigenvalue weighted by Crippen LogP contribution is 2.25. The van der Waals surface area contributed by atoms with E-state index in [0.717, 1.165) is 37.4 Å². The number of aliphatic imine (C=N–C) groups is 1. The Morgan fingerprint density at radius 2 is 2.06 bits per heavy atom. The van der Waals surface area contributed by atoms with Crippen LogP contribution < -0.4 is 20.9 Å². The summed E-state index contributed by atoms with van der Waals surface area (Å²) in [4.78, 5) is 23.1. The first kappa shape index (κ1) is 26.1. The number of carbonyl (C=O) groups excluding carboxylic acids is 1. The Kier molecular flexibility index (Phi) is 10.9. The quantitative estimate of drug-likeness (QED) is 0.196. The van der Waals surface area contributed by atoms with E-state index in [1.165, 1.54) is 12.1 Å². The number of rotatable bonds is 8. The molecule has 0 aliphatic carbocycles. The summed E-state index contributed by atoms with van der Waals surface area (Å²) in [5.74, 6) is 1.10. The molecule has 0 saturated carbocycles. The predicted molar refractivity (Wildman–Crippen MR) is 138 cm³/mol. The largest absolute Gasteiger partial charge is 0.357 e. The lowest BCUT2D eigenvalue weighted by atomic mass is 10.1. The van der Waals surface area contributed by atoms with Gasteiger partial charge in [0, 0.05) is 38.4 Å². The van der Waals surface area contributed by atoms with Crippen molar-refractivity contribution in [3.05, 3.63) is 59.0 Å². The smallest absolute Gasteiger partial charge is 0.224 e. The number of carbonyl (C=O) groups is 1. The molecule has 1 amide bonds. The summed E-state index contributed by atoms with van der Waals surface area (Å²) in [6, 6.07) is 9.84. The average Bonchev–Trinajstić information content (AvgIpc) is 3.21. The minimum absolute atomic E-state index is 0. The van der Waals surface area contributed by atoms with E-state index in [4.69, 9.17) is 11.6 Å². The van der Waals surface area contributed by atoms with Crippen molar-refractivity contribution in [3.8, 4) is 0 Å². The number of anilines is 1. The normalized spacial score (nSPS) is 15.8. The van der Waals surface area contributed by atoms with Crippen LogP contribution in [0, 0.1) is 5.82 Å². The molecule has 0 spiro atoms. The summed E-state index contributed by atoms with van der Waals surface area (Å²) in [5, 5.41) is 10.2. The number of hydrogen-bond donors (Lipinski definition) is 3. The average molecular weight is 575 g/mol. The van der Waals surface area contributed by atoms with Gasteiger partial charge in [-0.1, -0.05) is 23.7 Å². The van der Waals surface area contributed by atoms with Crippen molar-refractivity contribution in [1.82, 2.24) is 20.9 Å². The lowest BCUT2D eigenvalue weighted by Gasteiger charge is -2.20. The highest BCUT2D eigenvalue weighted by Gasteiger charge is 2.25. The van der Waals surface area contributed by atoms with Gasteiger partial charge in [0.15, 0.2) is 5.96 Å². The second-order valence-electron chi connectivity index (χ2n) is 7.30. The Hall–Kier alpha value is -2.14. The first-order chi connectivity index (χ1) is 15.0. The van der Waals surface area contributed by atoms with E-state index in [1.54, 1.807) is 18.3 Å². The van der Waals surface area contributed by atoms with Crippen LogP contribution in [-0.2, 0) is 11.2 Å². The molecule has 1 saturated heterocycles. The van der Waals surface area contributed by atoms with Gasteiger partial charge in [-0.05, 0) is 43.2 Å². The number of amides is 1. The van der Waals surface area contributed by atoms with Gasteiger partial charge in [0.1, 0.15) is 11.6 Å². The molecule has 3 rings (SSSR count). The lowest BCUT2D eigenvalue weighted by molar-refractivity contribution is -0.120. The van der Waals surface area contributed by atoms with Gasteiger partial charge in [-0.25, -0.2) is 9.37 Å². The summed E-state index contributed by atoms with van der Waals surface area (Å²) in [6.07, 6.45) is 2.92. The fraction of sp³-hybridized carbons (Fsp3) is 0.409. The summed E-state index contributed by atoms with van der Waals surface area (Å²) in [5.41, 5.74) is 0.774.